The number of hydrogen-bond donors (Lipinski definition) is 1. The number of carbonyl (C=O) groups excluding carboxylic acids is 1. The van der Waals surface area contributed by atoms with E-state index in [9.17, 15) is 13.6 Å². The van der Waals surface area contributed by atoms with Gasteiger partial charge in [-0.1, -0.05) is 60.7 Å². The Labute approximate surface area is 161 Å². The quantitative estimate of drug-likeness (QED) is 0.616. The zero-order chi connectivity index (χ0) is 19.8. The van der Waals surface area contributed by atoms with Gasteiger partial charge in [-0.05, 0) is 29.3 Å². The van der Waals surface area contributed by atoms with Gasteiger partial charge in [0, 0.05) is 12.1 Å². The van der Waals surface area contributed by atoms with Crippen LogP contribution in [0.4, 0.5) is 8.78 Å². The highest BCUT2D eigenvalue weighted by Crippen LogP contribution is 2.29. The molecule has 0 spiro atoms. The number of nitrogens with one attached hydrogen (secondary N) is 1. The average Bonchev–Trinajstić information content (AvgIpc) is 2.72. The molecule has 4 nitrogen and oxygen atoms in total. The van der Waals surface area contributed by atoms with Crippen LogP contribution < -0.4 is 14.8 Å². The van der Waals surface area contributed by atoms with Crippen LogP contribution in [-0.2, 0) is 11.3 Å². The van der Waals surface area contributed by atoms with Crippen LogP contribution in [-0.4, -0.2) is 19.1 Å². The van der Waals surface area contributed by atoms with Crippen molar-refractivity contribution < 1.29 is 23.0 Å². The lowest BCUT2D eigenvalue weighted by Crippen LogP contribution is -2.28. The Kier molecular flexibility index (Phi) is 6.57. The first-order chi connectivity index (χ1) is 13.6. The molecule has 0 aliphatic carbocycles. The lowest BCUT2D eigenvalue weighted by molar-refractivity contribution is -0.123. The van der Waals surface area contributed by atoms with Gasteiger partial charge in [0.1, 0.15) is 11.5 Å². The molecule has 0 atom stereocenters. The molecule has 6 heteroatoms. The van der Waals surface area contributed by atoms with E-state index in [1.165, 1.54) is 12.1 Å². The molecule has 0 aliphatic heterocycles. The van der Waals surface area contributed by atoms with Crippen molar-refractivity contribution in [3.05, 3.63) is 84.4 Å². The molecule has 0 unspecified atom stereocenters. The number of alkyl halides is 2. The minimum atomic E-state index is -2.86. The summed E-state index contributed by atoms with van der Waals surface area (Å²) in [5, 5.41) is 2.74. The Morgan fingerprint density at radius 3 is 2.29 bits per heavy atom. The number of carbonyl (C=O) groups is 1. The van der Waals surface area contributed by atoms with Crippen LogP contribution in [0, 0.1) is 0 Å². The lowest BCUT2D eigenvalue weighted by atomic mass is 10.1. The van der Waals surface area contributed by atoms with Crippen LogP contribution in [0.3, 0.4) is 0 Å². The van der Waals surface area contributed by atoms with E-state index in [0.717, 1.165) is 16.7 Å². The highest BCUT2D eigenvalue weighted by molar-refractivity contribution is 5.78. The molecule has 0 aromatic heterocycles. The van der Waals surface area contributed by atoms with Crippen molar-refractivity contribution in [2.24, 2.45) is 0 Å². The Morgan fingerprint density at radius 1 is 0.893 bits per heavy atom. The zero-order valence-electron chi connectivity index (χ0n) is 15.0. The van der Waals surface area contributed by atoms with Gasteiger partial charge in [-0.25, -0.2) is 0 Å². The van der Waals surface area contributed by atoms with E-state index in [4.69, 9.17) is 4.74 Å². The number of para-hydroxylation sites is 1. The summed E-state index contributed by atoms with van der Waals surface area (Å²) in [6.45, 7) is -2.73. The second-order valence-electron chi connectivity index (χ2n) is 5.95. The van der Waals surface area contributed by atoms with Crippen molar-refractivity contribution >= 4 is 5.91 Å². The largest absolute Gasteiger partial charge is 0.483 e. The van der Waals surface area contributed by atoms with Crippen molar-refractivity contribution in [1.29, 1.82) is 0 Å². The van der Waals surface area contributed by atoms with E-state index in [-0.39, 0.29) is 24.8 Å². The predicted octanol–water partition coefficient (Wildman–Crippen LogP) is 4.65. The standard InChI is InChI=1S/C22H19F2NO3/c23-22(24)28-18-12-10-16(11-13-18)14-25-21(26)15-27-20-9-5-4-8-19(20)17-6-2-1-3-7-17/h1-13,22H,14-15H2,(H,25,26). The predicted molar refractivity (Wildman–Crippen MR) is 102 cm³/mol. The third-order valence-electron chi connectivity index (χ3n) is 3.97. The average molecular weight is 383 g/mol. The number of amides is 1. The van der Waals surface area contributed by atoms with Gasteiger partial charge in [0.2, 0.25) is 0 Å². The van der Waals surface area contributed by atoms with Crippen molar-refractivity contribution in [3.63, 3.8) is 0 Å². The lowest BCUT2D eigenvalue weighted by Gasteiger charge is -2.12. The molecule has 0 radical (unpaired) electrons. The molecule has 28 heavy (non-hydrogen) atoms. The molecule has 3 aromatic rings. The monoisotopic (exact) mass is 383 g/mol. The van der Waals surface area contributed by atoms with Crippen LogP contribution in [0.25, 0.3) is 11.1 Å². The van der Waals surface area contributed by atoms with E-state index < -0.39 is 6.61 Å². The molecule has 3 rings (SSSR count). The summed E-state index contributed by atoms with van der Waals surface area (Å²) in [7, 11) is 0. The smallest absolute Gasteiger partial charge is 0.387 e. The van der Waals surface area contributed by atoms with Crippen molar-refractivity contribution in [2.75, 3.05) is 6.61 Å². The number of ether oxygens (including phenoxy) is 2. The first kappa shape index (κ1) is 19.4. The SMILES string of the molecule is O=C(COc1ccccc1-c1ccccc1)NCc1ccc(OC(F)F)cc1. The van der Waals surface area contributed by atoms with E-state index >= 15 is 0 Å². The number of hydrogen-bond acceptors (Lipinski definition) is 3. The minimum absolute atomic E-state index is 0.0749. The van der Waals surface area contributed by atoms with Gasteiger partial charge in [0.25, 0.3) is 5.91 Å². The van der Waals surface area contributed by atoms with E-state index in [0.29, 0.717) is 5.75 Å². The summed E-state index contributed by atoms with van der Waals surface area (Å²) in [6.07, 6.45) is 0. The second kappa shape index (κ2) is 9.50. The molecule has 3 aromatic carbocycles. The van der Waals surface area contributed by atoms with E-state index in [2.05, 4.69) is 10.1 Å². The topological polar surface area (TPSA) is 47.6 Å². The van der Waals surface area contributed by atoms with Crippen LogP contribution >= 0.6 is 0 Å². The molecule has 0 saturated heterocycles. The molecule has 1 amide bonds. The normalized spacial score (nSPS) is 10.5. The highest BCUT2D eigenvalue weighted by Gasteiger charge is 2.09. The second-order valence-corrected chi connectivity index (χ2v) is 5.95. The maximum Gasteiger partial charge on any atom is 0.387 e. The molecule has 0 aliphatic rings. The van der Waals surface area contributed by atoms with Crippen molar-refractivity contribution in [2.45, 2.75) is 13.2 Å². The third kappa shape index (κ3) is 5.54. The fourth-order valence-electron chi connectivity index (χ4n) is 2.63. The Morgan fingerprint density at radius 2 is 1.57 bits per heavy atom. The maximum atomic E-state index is 12.1. The summed E-state index contributed by atoms with van der Waals surface area (Å²) < 4.78 is 34.3. The number of halogens is 2. The summed E-state index contributed by atoms with van der Waals surface area (Å²) in [5.74, 6) is 0.416. The fourth-order valence-corrected chi connectivity index (χ4v) is 2.63. The summed E-state index contributed by atoms with van der Waals surface area (Å²) in [6, 6.07) is 23.4. The van der Waals surface area contributed by atoms with Crippen molar-refractivity contribution in [1.82, 2.24) is 5.32 Å². The molecule has 0 bridgehead atoms. The highest BCUT2D eigenvalue weighted by atomic mass is 19.3. The summed E-state index contributed by atoms with van der Waals surface area (Å²) >= 11 is 0. The zero-order valence-corrected chi connectivity index (χ0v) is 15.0. The molecule has 144 valence electrons. The van der Waals surface area contributed by atoms with E-state index in [1.54, 1.807) is 12.1 Å². The number of rotatable bonds is 8. The maximum absolute atomic E-state index is 12.1. The van der Waals surface area contributed by atoms with Crippen molar-refractivity contribution in [3.8, 4) is 22.6 Å². The number of benzene rings is 3. The van der Waals surface area contributed by atoms with Crippen LogP contribution in [0.5, 0.6) is 11.5 Å². The van der Waals surface area contributed by atoms with E-state index in [1.807, 2.05) is 54.6 Å². The molecule has 0 saturated carbocycles. The third-order valence-corrected chi connectivity index (χ3v) is 3.97. The van der Waals surface area contributed by atoms with Crippen LogP contribution in [0.1, 0.15) is 5.56 Å². The first-order valence-corrected chi connectivity index (χ1v) is 8.69. The minimum Gasteiger partial charge on any atom is -0.483 e. The Hall–Kier alpha value is -3.41. The van der Waals surface area contributed by atoms with Gasteiger partial charge in [-0.3, -0.25) is 4.79 Å². The van der Waals surface area contributed by atoms with Gasteiger partial charge in [0.05, 0.1) is 0 Å². The van der Waals surface area contributed by atoms with Gasteiger partial charge >= 0.3 is 6.61 Å². The van der Waals surface area contributed by atoms with Gasteiger partial charge < -0.3 is 14.8 Å². The van der Waals surface area contributed by atoms with Crippen LogP contribution in [0.15, 0.2) is 78.9 Å². The Balaban J connectivity index is 1.53. The fraction of sp³-hybridized carbons (Fsp3) is 0.136. The van der Waals surface area contributed by atoms with Crippen LogP contribution in [0.2, 0.25) is 0 Å². The first-order valence-electron chi connectivity index (χ1n) is 8.69. The summed E-state index contributed by atoms with van der Waals surface area (Å²) in [5.41, 5.74) is 2.68. The summed E-state index contributed by atoms with van der Waals surface area (Å²) in [4.78, 5) is 12.1. The molecule has 0 fully saturated rings. The molecule has 0 heterocycles. The molecular formula is C22H19F2NO3. The Bertz CT molecular complexity index is 899. The molecular weight excluding hydrogens is 364 g/mol. The van der Waals surface area contributed by atoms with Gasteiger partial charge in [-0.15, -0.1) is 0 Å². The van der Waals surface area contributed by atoms with Gasteiger partial charge in [0.15, 0.2) is 6.61 Å². The molecule has 1 N–H and O–H groups in total. The van der Waals surface area contributed by atoms with Gasteiger partial charge in [-0.2, -0.15) is 8.78 Å².